The molecule has 1 heterocycles. The zero-order valence-corrected chi connectivity index (χ0v) is 14.3. The molecule has 0 aliphatic carbocycles. The zero-order chi connectivity index (χ0) is 17.3. The molecule has 5 heteroatoms. The molecule has 5 nitrogen and oxygen atoms in total. The summed E-state index contributed by atoms with van der Waals surface area (Å²) in [5, 5.41) is 8.37. The van der Waals surface area contributed by atoms with Gasteiger partial charge in [-0.1, -0.05) is 41.6 Å². The number of carbonyl (C=O) groups is 1. The minimum atomic E-state index is -0.170. The maximum absolute atomic E-state index is 12.8. The van der Waals surface area contributed by atoms with Crippen LogP contribution in [0, 0.1) is 20.8 Å². The summed E-state index contributed by atoms with van der Waals surface area (Å²) in [5.74, 6) is -0.170. The Kier molecular flexibility index (Phi) is 4.16. The van der Waals surface area contributed by atoms with Gasteiger partial charge in [0.05, 0.1) is 11.4 Å². The van der Waals surface area contributed by atoms with E-state index in [2.05, 4.69) is 10.3 Å². The molecule has 0 N–H and O–H groups in total. The van der Waals surface area contributed by atoms with Crippen LogP contribution in [0.2, 0.25) is 0 Å². The number of nitrogens with zero attached hydrogens (tertiary/aromatic N) is 4. The third kappa shape index (κ3) is 2.69. The van der Waals surface area contributed by atoms with Crippen LogP contribution in [0.5, 0.6) is 0 Å². The van der Waals surface area contributed by atoms with E-state index < -0.39 is 0 Å². The molecule has 0 bridgehead atoms. The van der Waals surface area contributed by atoms with Gasteiger partial charge in [0.25, 0.3) is 5.91 Å². The molecule has 0 saturated heterocycles. The van der Waals surface area contributed by atoms with Crippen LogP contribution >= 0.6 is 0 Å². The van der Waals surface area contributed by atoms with Crippen molar-refractivity contribution in [2.75, 3.05) is 11.9 Å². The standard InChI is InChI=1S/C19H20N4O/c1-13-9-8-10-14(2)18(13)23-15(3)17(20-21-23)19(24)22(4)16-11-6-5-7-12-16/h5-12H,1-4H3. The highest BCUT2D eigenvalue weighted by atomic mass is 16.2. The summed E-state index contributed by atoms with van der Waals surface area (Å²) >= 11 is 0. The van der Waals surface area contributed by atoms with Crippen LogP contribution in [0.4, 0.5) is 5.69 Å². The maximum atomic E-state index is 12.8. The number of hydrogen-bond donors (Lipinski definition) is 0. The number of rotatable bonds is 3. The van der Waals surface area contributed by atoms with Crippen molar-refractivity contribution in [3.8, 4) is 5.69 Å². The minimum absolute atomic E-state index is 0.170. The number of hydrogen-bond acceptors (Lipinski definition) is 3. The second-order valence-electron chi connectivity index (χ2n) is 5.88. The van der Waals surface area contributed by atoms with Crippen LogP contribution in [0.3, 0.4) is 0 Å². The Morgan fingerprint density at radius 2 is 1.58 bits per heavy atom. The third-order valence-corrected chi connectivity index (χ3v) is 4.20. The van der Waals surface area contributed by atoms with Crippen molar-refractivity contribution >= 4 is 11.6 Å². The quantitative estimate of drug-likeness (QED) is 0.742. The van der Waals surface area contributed by atoms with E-state index in [1.807, 2.05) is 69.3 Å². The molecule has 3 rings (SSSR count). The summed E-state index contributed by atoms with van der Waals surface area (Å²) in [4.78, 5) is 14.4. The second kappa shape index (κ2) is 6.28. The molecule has 0 atom stereocenters. The molecular formula is C19H20N4O. The molecule has 0 fully saturated rings. The van der Waals surface area contributed by atoms with Crippen molar-refractivity contribution in [1.29, 1.82) is 0 Å². The first-order valence-electron chi connectivity index (χ1n) is 7.82. The molecule has 1 aromatic heterocycles. The van der Waals surface area contributed by atoms with Crippen molar-refractivity contribution < 1.29 is 4.79 Å². The van der Waals surface area contributed by atoms with Gasteiger partial charge in [-0.25, -0.2) is 4.68 Å². The highest BCUT2D eigenvalue weighted by Crippen LogP contribution is 2.22. The lowest BCUT2D eigenvalue weighted by molar-refractivity contribution is 0.0987. The summed E-state index contributed by atoms with van der Waals surface area (Å²) < 4.78 is 1.75. The highest BCUT2D eigenvalue weighted by molar-refractivity contribution is 6.05. The summed E-state index contributed by atoms with van der Waals surface area (Å²) in [6.07, 6.45) is 0. The van der Waals surface area contributed by atoms with Crippen LogP contribution in [0.25, 0.3) is 5.69 Å². The minimum Gasteiger partial charge on any atom is -0.310 e. The molecule has 0 saturated carbocycles. The Balaban J connectivity index is 2.00. The Morgan fingerprint density at radius 1 is 0.958 bits per heavy atom. The summed E-state index contributed by atoms with van der Waals surface area (Å²) in [6.45, 7) is 5.93. The van der Waals surface area contributed by atoms with E-state index in [1.165, 1.54) is 0 Å². The lowest BCUT2D eigenvalue weighted by atomic mass is 10.1. The van der Waals surface area contributed by atoms with Crippen LogP contribution in [-0.4, -0.2) is 27.9 Å². The van der Waals surface area contributed by atoms with Gasteiger partial charge in [-0.2, -0.15) is 0 Å². The Bertz CT molecular complexity index is 863. The van der Waals surface area contributed by atoms with Crippen LogP contribution in [0.1, 0.15) is 27.3 Å². The lowest BCUT2D eigenvalue weighted by Gasteiger charge is -2.16. The number of amides is 1. The number of para-hydroxylation sites is 2. The number of aromatic nitrogens is 3. The van der Waals surface area contributed by atoms with Crippen molar-refractivity contribution in [2.24, 2.45) is 0 Å². The molecule has 2 aromatic carbocycles. The second-order valence-corrected chi connectivity index (χ2v) is 5.88. The molecule has 0 aliphatic rings. The molecule has 0 spiro atoms. The SMILES string of the molecule is Cc1cccc(C)c1-n1nnc(C(=O)N(C)c2ccccc2)c1C. The van der Waals surface area contributed by atoms with Gasteiger partial charge in [0.15, 0.2) is 5.69 Å². The normalized spacial score (nSPS) is 10.7. The average molecular weight is 320 g/mol. The maximum Gasteiger partial charge on any atom is 0.280 e. The smallest absolute Gasteiger partial charge is 0.280 e. The predicted octanol–water partition coefficient (Wildman–Crippen LogP) is 3.47. The van der Waals surface area contributed by atoms with Gasteiger partial charge < -0.3 is 4.90 Å². The fourth-order valence-corrected chi connectivity index (χ4v) is 2.81. The van der Waals surface area contributed by atoms with Gasteiger partial charge in [0, 0.05) is 12.7 Å². The number of aryl methyl sites for hydroxylation is 2. The van der Waals surface area contributed by atoms with Gasteiger partial charge in [-0.3, -0.25) is 4.79 Å². The van der Waals surface area contributed by atoms with E-state index >= 15 is 0 Å². The monoisotopic (exact) mass is 320 g/mol. The van der Waals surface area contributed by atoms with Gasteiger partial charge in [0.2, 0.25) is 0 Å². The molecule has 0 radical (unpaired) electrons. The lowest BCUT2D eigenvalue weighted by Crippen LogP contribution is -2.27. The topological polar surface area (TPSA) is 51.0 Å². The fourth-order valence-electron chi connectivity index (χ4n) is 2.81. The Morgan fingerprint density at radius 3 is 2.21 bits per heavy atom. The van der Waals surface area contributed by atoms with Crippen molar-refractivity contribution in [2.45, 2.75) is 20.8 Å². The van der Waals surface area contributed by atoms with Crippen molar-refractivity contribution in [1.82, 2.24) is 15.0 Å². The third-order valence-electron chi connectivity index (χ3n) is 4.20. The van der Waals surface area contributed by atoms with E-state index in [4.69, 9.17) is 0 Å². The fraction of sp³-hybridized carbons (Fsp3) is 0.211. The Hall–Kier alpha value is -2.95. The van der Waals surface area contributed by atoms with Crippen LogP contribution in [0.15, 0.2) is 48.5 Å². The van der Waals surface area contributed by atoms with Crippen LogP contribution in [-0.2, 0) is 0 Å². The Labute approximate surface area is 141 Å². The first-order valence-corrected chi connectivity index (χ1v) is 7.82. The van der Waals surface area contributed by atoms with E-state index in [9.17, 15) is 4.79 Å². The highest BCUT2D eigenvalue weighted by Gasteiger charge is 2.22. The summed E-state index contributed by atoms with van der Waals surface area (Å²) in [7, 11) is 1.75. The van der Waals surface area contributed by atoms with Gasteiger partial charge in [-0.05, 0) is 44.0 Å². The zero-order valence-electron chi connectivity index (χ0n) is 14.3. The molecule has 0 unspecified atom stereocenters. The number of benzene rings is 2. The molecular weight excluding hydrogens is 300 g/mol. The largest absolute Gasteiger partial charge is 0.310 e. The summed E-state index contributed by atoms with van der Waals surface area (Å²) in [5.41, 5.74) is 5.09. The number of anilines is 1. The van der Waals surface area contributed by atoms with Gasteiger partial charge in [0.1, 0.15) is 0 Å². The van der Waals surface area contributed by atoms with E-state index in [1.54, 1.807) is 16.6 Å². The molecule has 0 aliphatic heterocycles. The summed E-state index contributed by atoms with van der Waals surface area (Å²) in [6, 6.07) is 15.6. The van der Waals surface area contributed by atoms with E-state index in [0.29, 0.717) is 5.69 Å². The number of carbonyl (C=O) groups excluding carboxylic acids is 1. The molecule has 122 valence electrons. The van der Waals surface area contributed by atoms with E-state index in [0.717, 1.165) is 28.2 Å². The molecule has 24 heavy (non-hydrogen) atoms. The molecule has 1 amide bonds. The van der Waals surface area contributed by atoms with Crippen molar-refractivity contribution in [3.05, 3.63) is 71.0 Å². The predicted molar refractivity (Wildman–Crippen MR) is 94.7 cm³/mol. The van der Waals surface area contributed by atoms with E-state index in [-0.39, 0.29) is 5.91 Å². The van der Waals surface area contributed by atoms with Crippen molar-refractivity contribution in [3.63, 3.8) is 0 Å². The molecule has 3 aromatic rings. The van der Waals surface area contributed by atoms with Gasteiger partial charge >= 0.3 is 0 Å². The first kappa shape index (κ1) is 15.9. The average Bonchev–Trinajstić information content (AvgIpc) is 2.96. The van der Waals surface area contributed by atoms with Crippen LogP contribution < -0.4 is 4.90 Å². The van der Waals surface area contributed by atoms with Gasteiger partial charge in [-0.15, -0.1) is 5.10 Å². The first-order chi connectivity index (χ1) is 11.5.